The van der Waals surface area contributed by atoms with E-state index in [4.69, 9.17) is 0 Å². The van der Waals surface area contributed by atoms with Gasteiger partial charge in [0.2, 0.25) is 0 Å². The summed E-state index contributed by atoms with van der Waals surface area (Å²) in [6, 6.07) is 0. The number of fused-ring (bicyclic) bond motifs is 1. The van der Waals surface area contributed by atoms with Gasteiger partial charge in [0.05, 0.1) is 6.10 Å². The van der Waals surface area contributed by atoms with Crippen LogP contribution in [0.1, 0.15) is 44.9 Å². The van der Waals surface area contributed by atoms with E-state index in [0.29, 0.717) is 12.8 Å². The molecule has 2 aliphatic carbocycles. The summed E-state index contributed by atoms with van der Waals surface area (Å²) >= 11 is 0. The Balaban J connectivity index is 2.14. The molecule has 1 nitrogen and oxygen atoms in total. The van der Waals surface area contributed by atoms with E-state index >= 15 is 0 Å². The van der Waals surface area contributed by atoms with Gasteiger partial charge in [0.25, 0.3) is 0 Å². The molecule has 1 N–H and O–H groups in total. The van der Waals surface area contributed by atoms with Gasteiger partial charge in [0.15, 0.2) is 0 Å². The first-order chi connectivity index (χ1) is 5.73. The number of aliphatic hydroxyl groups excluding tert-OH is 1. The van der Waals surface area contributed by atoms with Gasteiger partial charge < -0.3 is 5.11 Å². The molecule has 2 saturated carbocycles. The summed E-state index contributed by atoms with van der Waals surface area (Å²) in [7, 11) is 0. The van der Waals surface area contributed by atoms with Crippen LogP contribution >= 0.6 is 0 Å². The second-order valence-corrected chi connectivity index (χ2v) is 4.32. The number of alkyl halides is 1. The van der Waals surface area contributed by atoms with E-state index in [9.17, 15) is 9.50 Å². The fourth-order valence-corrected chi connectivity index (χ4v) is 2.85. The second-order valence-electron chi connectivity index (χ2n) is 4.32. The summed E-state index contributed by atoms with van der Waals surface area (Å²) in [6.45, 7) is 0. The minimum absolute atomic E-state index is 0.162. The molecule has 2 rings (SSSR count). The predicted molar refractivity (Wildman–Crippen MR) is 45.7 cm³/mol. The molecule has 0 unspecified atom stereocenters. The van der Waals surface area contributed by atoms with E-state index in [0.717, 1.165) is 32.1 Å². The third-order valence-electron chi connectivity index (χ3n) is 3.63. The fraction of sp³-hybridized carbons (Fsp3) is 1.00. The lowest BCUT2D eigenvalue weighted by Gasteiger charge is -2.44. The minimum atomic E-state index is -1.21. The lowest BCUT2D eigenvalue weighted by molar-refractivity contribution is -0.0993. The number of rotatable bonds is 0. The van der Waals surface area contributed by atoms with E-state index in [2.05, 4.69) is 0 Å². The molecule has 0 radical (unpaired) electrons. The highest BCUT2D eigenvalue weighted by Gasteiger charge is 2.48. The van der Waals surface area contributed by atoms with Crippen molar-refractivity contribution in [2.75, 3.05) is 0 Å². The Morgan fingerprint density at radius 1 is 1.08 bits per heavy atom. The topological polar surface area (TPSA) is 20.2 Å². The van der Waals surface area contributed by atoms with Crippen LogP contribution in [0, 0.1) is 5.92 Å². The van der Waals surface area contributed by atoms with Gasteiger partial charge in [0.1, 0.15) is 5.67 Å². The molecule has 0 aromatic carbocycles. The lowest BCUT2D eigenvalue weighted by atomic mass is 9.67. The van der Waals surface area contributed by atoms with Gasteiger partial charge in [-0.2, -0.15) is 0 Å². The summed E-state index contributed by atoms with van der Waals surface area (Å²) in [4.78, 5) is 0. The Labute approximate surface area is 73.0 Å². The fourth-order valence-electron chi connectivity index (χ4n) is 2.85. The SMILES string of the molecule is O[C@H]1CCC[C@H]2CCCC[C@@]21F. The van der Waals surface area contributed by atoms with Crippen molar-refractivity contribution in [3.8, 4) is 0 Å². The van der Waals surface area contributed by atoms with Gasteiger partial charge in [-0.1, -0.05) is 19.3 Å². The van der Waals surface area contributed by atoms with Gasteiger partial charge >= 0.3 is 0 Å². The number of aliphatic hydroxyl groups is 1. The van der Waals surface area contributed by atoms with Crippen LogP contribution in [0.15, 0.2) is 0 Å². The maximum atomic E-state index is 14.2. The first-order valence-electron chi connectivity index (χ1n) is 5.10. The third kappa shape index (κ3) is 1.17. The Bertz CT molecular complexity index is 169. The highest BCUT2D eigenvalue weighted by Crippen LogP contribution is 2.46. The Hall–Kier alpha value is -0.110. The predicted octanol–water partition coefficient (Wildman–Crippen LogP) is 2.43. The summed E-state index contributed by atoms with van der Waals surface area (Å²) in [6.07, 6.45) is 5.72. The van der Waals surface area contributed by atoms with E-state index in [-0.39, 0.29) is 5.92 Å². The Kier molecular flexibility index (Phi) is 2.11. The van der Waals surface area contributed by atoms with Crippen molar-refractivity contribution in [3.63, 3.8) is 0 Å². The molecule has 0 spiro atoms. The van der Waals surface area contributed by atoms with Crippen molar-refractivity contribution >= 4 is 0 Å². The highest BCUT2D eigenvalue weighted by molar-refractivity contribution is 4.98. The minimum Gasteiger partial charge on any atom is -0.390 e. The number of hydrogen-bond donors (Lipinski definition) is 1. The molecule has 12 heavy (non-hydrogen) atoms. The van der Waals surface area contributed by atoms with Crippen LogP contribution < -0.4 is 0 Å². The lowest BCUT2D eigenvalue weighted by Crippen LogP contribution is -2.49. The van der Waals surface area contributed by atoms with Crippen molar-refractivity contribution in [1.82, 2.24) is 0 Å². The van der Waals surface area contributed by atoms with Crippen LogP contribution in [0.25, 0.3) is 0 Å². The molecular formula is C10H17FO. The molecule has 3 atom stereocenters. The van der Waals surface area contributed by atoms with Crippen molar-refractivity contribution in [2.24, 2.45) is 5.92 Å². The molecular weight excluding hydrogens is 155 g/mol. The average molecular weight is 172 g/mol. The Morgan fingerprint density at radius 2 is 1.83 bits per heavy atom. The first kappa shape index (κ1) is 8.49. The van der Waals surface area contributed by atoms with Crippen LogP contribution in [0.2, 0.25) is 0 Å². The number of halogens is 1. The summed E-state index contributed by atoms with van der Waals surface area (Å²) in [5, 5.41) is 9.59. The number of hydrogen-bond acceptors (Lipinski definition) is 1. The van der Waals surface area contributed by atoms with Crippen molar-refractivity contribution in [1.29, 1.82) is 0 Å². The quantitative estimate of drug-likeness (QED) is 0.595. The summed E-state index contributed by atoms with van der Waals surface area (Å²) in [5.41, 5.74) is -1.21. The monoisotopic (exact) mass is 172 g/mol. The van der Waals surface area contributed by atoms with Crippen LogP contribution in [0.3, 0.4) is 0 Å². The van der Waals surface area contributed by atoms with Crippen LogP contribution in [0.4, 0.5) is 4.39 Å². The standard InChI is InChI=1S/C10H17FO/c11-10-7-2-1-4-8(10)5-3-6-9(10)12/h8-9,12H,1-7H2/t8-,9+,10-/m1/s1. The van der Waals surface area contributed by atoms with Crippen LogP contribution in [0.5, 0.6) is 0 Å². The normalized spacial score (nSPS) is 48.5. The Morgan fingerprint density at radius 3 is 2.58 bits per heavy atom. The van der Waals surface area contributed by atoms with Gasteiger partial charge in [-0.25, -0.2) is 4.39 Å². The molecule has 2 aliphatic rings. The smallest absolute Gasteiger partial charge is 0.139 e. The van der Waals surface area contributed by atoms with Gasteiger partial charge in [0, 0.05) is 0 Å². The molecule has 0 heterocycles. The molecule has 0 bridgehead atoms. The van der Waals surface area contributed by atoms with Gasteiger partial charge in [-0.05, 0) is 31.6 Å². The zero-order chi connectivity index (χ0) is 8.60. The van der Waals surface area contributed by atoms with Crippen LogP contribution in [-0.4, -0.2) is 16.9 Å². The molecule has 0 aromatic heterocycles. The van der Waals surface area contributed by atoms with Crippen molar-refractivity contribution in [2.45, 2.75) is 56.7 Å². The summed E-state index contributed by atoms with van der Waals surface area (Å²) in [5.74, 6) is 0.162. The molecule has 0 aromatic rings. The molecule has 0 aliphatic heterocycles. The zero-order valence-corrected chi connectivity index (χ0v) is 7.43. The molecule has 70 valence electrons. The van der Waals surface area contributed by atoms with E-state index in [1.165, 1.54) is 0 Å². The molecule has 0 amide bonds. The van der Waals surface area contributed by atoms with E-state index in [1.54, 1.807) is 0 Å². The van der Waals surface area contributed by atoms with Crippen molar-refractivity contribution < 1.29 is 9.50 Å². The maximum Gasteiger partial charge on any atom is 0.139 e. The second kappa shape index (κ2) is 2.99. The van der Waals surface area contributed by atoms with E-state index in [1.807, 2.05) is 0 Å². The highest BCUT2D eigenvalue weighted by atomic mass is 19.1. The maximum absolute atomic E-state index is 14.2. The molecule has 2 fully saturated rings. The third-order valence-corrected chi connectivity index (χ3v) is 3.63. The van der Waals surface area contributed by atoms with E-state index < -0.39 is 11.8 Å². The first-order valence-corrected chi connectivity index (χ1v) is 5.10. The molecule has 2 heteroatoms. The van der Waals surface area contributed by atoms with Gasteiger partial charge in [-0.15, -0.1) is 0 Å². The average Bonchev–Trinajstić information content (AvgIpc) is 2.07. The van der Waals surface area contributed by atoms with Crippen LogP contribution in [-0.2, 0) is 0 Å². The molecule has 0 saturated heterocycles. The van der Waals surface area contributed by atoms with Gasteiger partial charge in [-0.3, -0.25) is 0 Å². The largest absolute Gasteiger partial charge is 0.390 e. The zero-order valence-electron chi connectivity index (χ0n) is 7.43. The van der Waals surface area contributed by atoms with Crippen molar-refractivity contribution in [3.05, 3.63) is 0 Å². The summed E-state index contributed by atoms with van der Waals surface area (Å²) < 4.78 is 14.2.